The number of nitrogens with one attached hydrogen (secondary N) is 1. The van der Waals surface area contributed by atoms with Crippen LogP contribution in [0.25, 0.3) is 0 Å². The Balaban J connectivity index is 1.75. The molecule has 3 aromatic rings. The number of halogens is 1. The minimum absolute atomic E-state index is 0.517. The Morgan fingerprint density at radius 3 is 2.45 bits per heavy atom. The number of benzene rings is 2. The highest BCUT2D eigenvalue weighted by molar-refractivity contribution is 7.07. The molecule has 0 aliphatic rings. The maximum Gasteiger partial charge on any atom is 0.298 e. The van der Waals surface area contributed by atoms with Crippen LogP contribution in [0.3, 0.4) is 0 Å². The molecule has 2 aromatic carbocycles. The van der Waals surface area contributed by atoms with E-state index < -0.39 is 0 Å². The van der Waals surface area contributed by atoms with Crippen molar-refractivity contribution in [1.29, 1.82) is 5.41 Å². The molecule has 0 unspecified atom stereocenters. The van der Waals surface area contributed by atoms with Gasteiger partial charge in [-0.3, -0.25) is 5.41 Å². The van der Waals surface area contributed by atoms with Gasteiger partial charge in [-0.05, 0) is 68.7 Å². The van der Waals surface area contributed by atoms with Gasteiger partial charge in [0, 0.05) is 41.6 Å². The summed E-state index contributed by atoms with van der Waals surface area (Å²) in [4.78, 5) is 6.55. The predicted molar refractivity (Wildman–Crippen MR) is 120 cm³/mol. The van der Waals surface area contributed by atoms with Gasteiger partial charge in [0.2, 0.25) is 0 Å². The highest BCUT2D eigenvalue weighted by Gasteiger charge is 2.15. The van der Waals surface area contributed by atoms with Gasteiger partial charge in [-0.2, -0.15) is 9.36 Å². The zero-order valence-electron chi connectivity index (χ0n) is 17.1. The number of rotatable bonds is 7. The van der Waals surface area contributed by atoms with Crippen LogP contribution in [0, 0.1) is 19.3 Å². The number of amidine groups is 1. The van der Waals surface area contributed by atoms with Crippen LogP contribution in [0.5, 0.6) is 10.9 Å². The largest absolute Gasteiger partial charge is 0.430 e. The molecule has 1 N–H and O–H groups in total. The van der Waals surface area contributed by atoms with Crippen molar-refractivity contribution >= 4 is 29.0 Å². The molecule has 0 spiro atoms. The van der Waals surface area contributed by atoms with E-state index in [1.54, 1.807) is 0 Å². The minimum atomic E-state index is 0.517. The molecule has 7 heteroatoms. The molecule has 0 fully saturated rings. The second-order valence-corrected chi connectivity index (χ2v) is 7.99. The van der Waals surface area contributed by atoms with Crippen LogP contribution in [0.15, 0.2) is 36.4 Å². The molecule has 0 atom stereocenters. The van der Waals surface area contributed by atoms with E-state index in [9.17, 15) is 0 Å². The molecule has 0 saturated carbocycles. The van der Waals surface area contributed by atoms with Crippen LogP contribution < -0.4 is 4.74 Å². The number of ether oxygens (including phenoxy) is 1. The van der Waals surface area contributed by atoms with E-state index in [2.05, 4.69) is 23.2 Å². The number of aromatic nitrogens is 2. The normalized spacial score (nSPS) is 10.8. The van der Waals surface area contributed by atoms with Crippen molar-refractivity contribution in [2.45, 2.75) is 34.1 Å². The fourth-order valence-electron chi connectivity index (χ4n) is 3.10. The first-order valence-electron chi connectivity index (χ1n) is 9.61. The highest BCUT2D eigenvalue weighted by atomic mass is 35.5. The summed E-state index contributed by atoms with van der Waals surface area (Å²) in [6.45, 7) is 9.75. The topological polar surface area (TPSA) is 62.1 Å². The molecule has 152 valence electrons. The van der Waals surface area contributed by atoms with Gasteiger partial charge in [0.15, 0.2) is 5.82 Å². The lowest BCUT2D eigenvalue weighted by molar-refractivity contribution is 0.462. The van der Waals surface area contributed by atoms with E-state index >= 15 is 0 Å². The van der Waals surface area contributed by atoms with Crippen molar-refractivity contribution in [2.75, 3.05) is 13.1 Å². The lowest BCUT2D eigenvalue weighted by Crippen LogP contribution is -2.31. The number of hydrogen-bond acceptors (Lipinski definition) is 5. The fraction of sp³-hybridized carbons (Fsp3) is 0.318. The molecule has 3 rings (SSSR count). The van der Waals surface area contributed by atoms with Gasteiger partial charge in [-0.1, -0.05) is 23.7 Å². The second-order valence-electron chi connectivity index (χ2n) is 6.84. The summed E-state index contributed by atoms with van der Waals surface area (Å²) in [6.07, 6.45) is 0.634. The third kappa shape index (κ3) is 5.14. The van der Waals surface area contributed by atoms with Crippen molar-refractivity contribution in [3.63, 3.8) is 0 Å². The Kier molecular flexibility index (Phi) is 6.87. The van der Waals surface area contributed by atoms with Gasteiger partial charge in [0.05, 0.1) is 0 Å². The van der Waals surface area contributed by atoms with Crippen LogP contribution in [0.4, 0.5) is 0 Å². The molecule has 0 aliphatic carbocycles. The first kappa shape index (κ1) is 21.3. The van der Waals surface area contributed by atoms with Crippen LogP contribution in [0.2, 0.25) is 5.02 Å². The van der Waals surface area contributed by atoms with Crippen molar-refractivity contribution < 1.29 is 4.74 Å². The first-order valence-corrected chi connectivity index (χ1v) is 10.8. The van der Waals surface area contributed by atoms with E-state index in [0.29, 0.717) is 22.5 Å². The van der Waals surface area contributed by atoms with Crippen molar-refractivity contribution in [2.24, 2.45) is 0 Å². The fourth-order valence-corrected chi connectivity index (χ4v) is 3.78. The van der Waals surface area contributed by atoms with Crippen LogP contribution in [0.1, 0.15) is 41.9 Å². The molecule has 0 saturated heterocycles. The zero-order valence-corrected chi connectivity index (χ0v) is 18.7. The summed E-state index contributed by atoms with van der Waals surface area (Å²) in [5, 5.41) is 9.73. The zero-order chi connectivity index (χ0) is 21.0. The monoisotopic (exact) mass is 428 g/mol. The smallest absolute Gasteiger partial charge is 0.298 e. The quantitative estimate of drug-likeness (QED) is 0.378. The molecule has 0 amide bonds. The Hall–Kier alpha value is -2.44. The second kappa shape index (κ2) is 9.37. The van der Waals surface area contributed by atoms with Crippen molar-refractivity contribution in [1.82, 2.24) is 14.3 Å². The van der Waals surface area contributed by atoms with Gasteiger partial charge in [0.25, 0.3) is 5.19 Å². The molecule has 0 aliphatic heterocycles. The Bertz CT molecular complexity index is 997. The molecule has 1 aromatic heterocycles. The lowest BCUT2D eigenvalue weighted by Gasteiger charge is -2.23. The highest BCUT2D eigenvalue weighted by Crippen LogP contribution is 2.30. The maximum atomic E-state index is 8.50. The molecule has 29 heavy (non-hydrogen) atoms. The average molecular weight is 429 g/mol. The number of aryl methyl sites for hydroxylation is 2. The Morgan fingerprint density at radius 2 is 1.79 bits per heavy atom. The minimum Gasteiger partial charge on any atom is -0.430 e. The molecule has 0 bridgehead atoms. The van der Waals surface area contributed by atoms with Crippen molar-refractivity contribution in [3.8, 4) is 10.9 Å². The third-order valence-corrected chi connectivity index (χ3v) is 5.66. The van der Waals surface area contributed by atoms with Crippen molar-refractivity contribution in [3.05, 3.63) is 69.5 Å². The van der Waals surface area contributed by atoms with Gasteiger partial charge in [-0.25, -0.2) is 0 Å². The molecular formula is C22H25ClN4OS. The summed E-state index contributed by atoms with van der Waals surface area (Å²) in [5.41, 5.74) is 4.01. The number of nitrogens with zero attached hydrogens (tertiary/aromatic N) is 3. The molecule has 1 heterocycles. The van der Waals surface area contributed by atoms with Crippen LogP contribution in [-0.4, -0.2) is 33.2 Å². The SMILES string of the molecule is CCN(CC)C(=N)c1cc(C)c(Oc2nc(Cc3ccc(Cl)cc3)ns2)cc1C. The summed E-state index contributed by atoms with van der Waals surface area (Å²) in [6, 6.07) is 11.7. The van der Waals surface area contributed by atoms with E-state index in [1.807, 2.05) is 55.1 Å². The lowest BCUT2D eigenvalue weighted by atomic mass is 10.0. The maximum absolute atomic E-state index is 8.50. The molecule has 5 nitrogen and oxygen atoms in total. The van der Waals surface area contributed by atoms with Gasteiger partial charge < -0.3 is 9.64 Å². The van der Waals surface area contributed by atoms with E-state index in [0.717, 1.165) is 46.9 Å². The Labute approximate surface area is 181 Å². The van der Waals surface area contributed by atoms with Crippen LogP contribution in [-0.2, 0) is 6.42 Å². The van der Waals surface area contributed by atoms with Gasteiger partial charge in [0.1, 0.15) is 11.6 Å². The summed E-state index contributed by atoms with van der Waals surface area (Å²) in [5.74, 6) is 2.01. The van der Waals surface area contributed by atoms with E-state index in [1.165, 1.54) is 11.5 Å². The molecular weight excluding hydrogens is 404 g/mol. The van der Waals surface area contributed by atoms with Crippen LogP contribution >= 0.6 is 23.1 Å². The summed E-state index contributed by atoms with van der Waals surface area (Å²) < 4.78 is 10.4. The van der Waals surface area contributed by atoms with Gasteiger partial charge >= 0.3 is 0 Å². The Morgan fingerprint density at radius 1 is 1.10 bits per heavy atom. The van der Waals surface area contributed by atoms with E-state index in [-0.39, 0.29) is 0 Å². The standard InChI is InChI=1S/C22H25ClN4OS/c1-5-27(6-2)21(24)18-11-15(4)19(12-14(18)3)28-22-25-20(26-29-22)13-16-7-9-17(23)10-8-16/h7-12,24H,5-6,13H2,1-4H3. The van der Waals surface area contributed by atoms with Gasteiger partial charge in [-0.15, -0.1) is 0 Å². The van der Waals surface area contributed by atoms with E-state index in [4.69, 9.17) is 21.7 Å². The number of hydrogen-bond donors (Lipinski definition) is 1. The third-order valence-electron chi connectivity index (χ3n) is 4.78. The average Bonchev–Trinajstić information content (AvgIpc) is 3.14. The first-order chi connectivity index (χ1) is 13.9. The predicted octanol–water partition coefficient (Wildman–Crippen LogP) is 5.86. The molecule has 0 radical (unpaired) electrons. The summed E-state index contributed by atoms with van der Waals surface area (Å²) >= 11 is 7.18. The summed E-state index contributed by atoms with van der Waals surface area (Å²) in [7, 11) is 0.